The SMILES string of the molecule is CCOC(=O)CCn1c(=NC(=O)CCS(=O)(=O)c2ccc(Cl)cc2)sc2cc3c(cc21)OCO3. The van der Waals surface area contributed by atoms with Crippen molar-refractivity contribution in [2.75, 3.05) is 19.2 Å². The number of aromatic nitrogens is 1. The van der Waals surface area contributed by atoms with E-state index in [0.717, 1.165) is 10.2 Å². The molecule has 34 heavy (non-hydrogen) atoms. The maximum atomic E-state index is 12.6. The zero-order valence-electron chi connectivity index (χ0n) is 18.2. The third-order valence-electron chi connectivity index (χ3n) is 5.00. The van der Waals surface area contributed by atoms with Gasteiger partial charge in [-0.15, -0.1) is 0 Å². The van der Waals surface area contributed by atoms with E-state index in [1.165, 1.54) is 35.6 Å². The molecule has 9 nitrogen and oxygen atoms in total. The highest BCUT2D eigenvalue weighted by Crippen LogP contribution is 2.37. The molecule has 12 heteroatoms. The molecule has 1 amide bonds. The highest BCUT2D eigenvalue weighted by Gasteiger charge is 2.20. The summed E-state index contributed by atoms with van der Waals surface area (Å²) < 4.78 is 43.5. The Balaban J connectivity index is 1.60. The molecular weight excluding hydrogens is 504 g/mol. The summed E-state index contributed by atoms with van der Waals surface area (Å²) >= 11 is 7.05. The number of benzene rings is 2. The number of thiazole rings is 1. The van der Waals surface area contributed by atoms with Gasteiger partial charge in [0.15, 0.2) is 26.1 Å². The number of hydrogen-bond donors (Lipinski definition) is 0. The Labute approximate surface area is 204 Å². The van der Waals surface area contributed by atoms with E-state index in [4.69, 9.17) is 25.8 Å². The van der Waals surface area contributed by atoms with Crippen LogP contribution in [0, 0.1) is 0 Å². The molecule has 3 aromatic rings. The number of sulfone groups is 1. The van der Waals surface area contributed by atoms with Crippen LogP contribution in [0.15, 0.2) is 46.3 Å². The summed E-state index contributed by atoms with van der Waals surface area (Å²) in [6.07, 6.45) is -0.208. The Morgan fingerprint density at radius 1 is 1.15 bits per heavy atom. The number of ether oxygens (including phenoxy) is 3. The smallest absolute Gasteiger partial charge is 0.307 e. The molecule has 4 rings (SSSR count). The Hall–Kier alpha value is -2.89. The van der Waals surface area contributed by atoms with E-state index in [-0.39, 0.29) is 49.4 Å². The number of hydrogen-bond acceptors (Lipinski definition) is 8. The summed E-state index contributed by atoms with van der Waals surface area (Å²) in [5, 5.41) is 0.420. The summed E-state index contributed by atoms with van der Waals surface area (Å²) in [7, 11) is -3.67. The monoisotopic (exact) mass is 524 g/mol. The Morgan fingerprint density at radius 2 is 1.85 bits per heavy atom. The van der Waals surface area contributed by atoms with Gasteiger partial charge in [-0.25, -0.2) is 8.42 Å². The van der Waals surface area contributed by atoms with E-state index in [9.17, 15) is 18.0 Å². The fourth-order valence-corrected chi connectivity index (χ4v) is 5.78. The van der Waals surface area contributed by atoms with E-state index < -0.39 is 15.7 Å². The predicted octanol–water partition coefficient (Wildman–Crippen LogP) is 3.33. The van der Waals surface area contributed by atoms with Gasteiger partial charge < -0.3 is 18.8 Å². The second-order valence-corrected chi connectivity index (χ2v) is 10.8. The largest absolute Gasteiger partial charge is 0.466 e. The summed E-state index contributed by atoms with van der Waals surface area (Å²) in [6.45, 7) is 2.34. The summed E-state index contributed by atoms with van der Waals surface area (Å²) in [5.41, 5.74) is 0.721. The molecule has 1 aliphatic heterocycles. The fraction of sp³-hybridized carbons (Fsp3) is 0.318. The normalized spacial score (nSPS) is 13.4. The maximum absolute atomic E-state index is 12.6. The van der Waals surface area contributed by atoms with Gasteiger partial charge in [-0.2, -0.15) is 4.99 Å². The van der Waals surface area contributed by atoms with Crippen LogP contribution in [0.4, 0.5) is 0 Å². The molecule has 0 saturated heterocycles. The topological polar surface area (TPSA) is 113 Å². The number of esters is 1. The van der Waals surface area contributed by atoms with Crippen molar-refractivity contribution < 1.29 is 32.2 Å². The average Bonchev–Trinajstić information content (AvgIpc) is 3.38. The van der Waals surface area contributed by atoms with Crippen molar-refractivity contribution in [2.24, 2.45) is 4.99 Å². The van der Waals surface area contributed by atoms with Crippen LogP contribution in [0.25, 0.3) is 10.2 Å². The van der Waals surface area contributed by atoms with Gasteiger partial charge in [-0.1, -0.05) is 22.9 Å². The van der Waals surface area contributed by atoms with Crippen molar-refractivity contribution in [1.29, 1.82) is 0 Å². The van der Waals surface area contributed by atoms with Crippen LogP contribution >= 0.6 is 22.9 Å². The van der Waals surface area contributed by atoms with Crippen molar-refractivity contribution >= 4 is 54.9 Å². The number of aryl methyl sites for hydroxylation is 1. The molecule has 1 aliphatic rings. The molecule has 1 aromatic heterocycles. The standard InChI is InChI=1S/C22H21ClN2O7S2/c1-2-30-21(27)7-9-25-16-11-17-18(32-13-31-17)12-19(16)33-22(25)24-20(26)8-10-34(28,29)15-5-3-14(23)4-6-15/h3-6,11-12H,2,7-10,13H2,1H3. The van der Waals surface area contributed by atoms with Crippen LogP contribution in [0.2, 0.25) is 5.02 Å². The first-order valence-electron chi connectivity index (χ1n) is 10.4. The summed E-state index contributed by atoms with van der Waals surface area (Å²) in [5.74, 6) is -0.212. The average molecular weight is 525 g/mol. The molecule has 0 aliphatic carbocycles. The number of amides is 1. The van der Waals surface area contributed by atoms with Crippen LogP contribution in [-0.2, 0) is 30.7 Å². The van der Waals surface area contributed by atoms with Crippen molar-refractivity contribution in [3.05, 3.63) is 46.2 Å². The lowest BCUT2D eigenvalue weighted by Gasteiger charge is -2.06. The van der Waals surface area contributed by atoms with E-state index in [0.29, 0.717) is 21.3 Å². The van der Waals surface area contributed by atoms with Gasteiger partial charge in [0, 0.05) is 30.1 Å². The molecule has 2 aromatic carbocycles. The Morgan fingerprint density at radius 3 is 2.56 bits per heavy atom. The van der Waals surface area contributed by atoms with Gasteiger partial charge in [0.25, 0.3) is 0 Å². The molecule has 0 bridgehead atoms. The zero-order chi connectivity index (χ0) is 24.3. The zero-order valence-corrected chi connectivity index (χ0v) is 20.5. The van der Waals surface area contributed by atoms with Crippen LogP contribution in [0.1, 0.15) is 19.8 Å². The minimum Gasteiger partial charge on any atom is -0.466 e. The molecule has 0 spiro atoms. The Kier molecular flexibility index (Phi) is 7.24. The highest BCUT2D eigenvalue weighted by atomic mass is 35.5. The van der Waals surface area contributed by atoms with Gasteiger partial charge in [-0.3, -0.25) is 9.59 Å². The first-order chi connectivity index (χ1) is 16.3. The lowest BCUT2D eigenvalue weighted by molar-refractivity contribution is -0.143. The van der Waals surface area contributed by atoms with Crippen molar-refractivity contribution in [3.63, 3.8) is 0 Å². The molecule has 0 N–H and O–H groups in total. The van der Waals surface area contributed by atoms with Gasteiger partial charge in [0.05, 0.1) is 33.9 Å². The number of nitrogens with zero attached hydrogens (tertiary/aromatic N) is 2. The van der Waals surface area contributed by atoms with E-state index >= 15 is 0 Å². The number of carbonyl (C=O) groups is 2. The van der Waals surface area contributed by atoms with Gasteiger partial charge in [0.2, 0.25) is 12.7 Å². The van der Waals surface area contributed by atoms with Gasteiger partial charge >= 0.3 is 5.97 Å². The first-order valence-corrected chi connectivity index (χ1v) is 13.3. The molecular formula is C22H21ClN2O7S2. The summed E-state index contributed by atoms with van der Waals surface area (Å²) in [6, 6.07) is 9.33. The first kappa shape index (κ1) is 24.2. The van der Waals surface area contributed by atoms with Crippen LogP contribution in [0.3, 0.4) is 0 Å². The molecule has 0 saturated carbocycles. The lowest BCUT2D eigenvalue weighted by Crippen LogP contribution is -2.20. The van der Waals surface area contributed by atoms with Crippen LogP contribution in [0.5, 0.6) is 11.5 Å². The maximum Gasteiger partial charge on any atom is 0.307 e. The number of halogens is 1. The van der Waals surface area contributed by atoms with Gasteiger partial charge in [-0.05, 0) is 31.2 Å². The molecule has 0 unspecified atom stereocenters. The van der Waals surface area contributed by atoms with Crippen LogP contribution in [-0.4, -0.2) is 44.0 Å². The molecule has 180 valence electrons. The highest BCUT2D eigenvalue weighted by molar-refractivity contribution is 7.91. The van der Waals surface area contributed by atoms with Crippen molar-refractivity contribution in [1.82, 2.24) is 4.57 Å². The van der Waals surface area contributed by atoms with Gasteiger partial charge in [0.1, 0.15) is 0 Å². The minimum atomic E-state index is -3.67. The summed E-state index contributed by atoms with van der Waals surface area (Å²) in [4.78, 5) is 29.1. The number of carbonyl (C=O) groups excluding carboxylic acids is 2. The predicted molar refractivity (Wildman–Crippen MR) is 126 cm³/mol. The molecule has 0 fully saturated rings. The van der Waals surface area contributed by atoms with E-state index in [2.05, 4.69) is 4.99 Å². The van der Waals surface area contributed by atoms with Crippen molar-refractivity contribution in [3.8, 4) is 11.5 Å². The molecule has 0 atom stereocenters. The third-order valence-corrected chi connectivity index (χ3v) is 8.02. The second kappa shape index (κ2) is 10.2. The van der Waals surface area contributed by atoms with Crippen LogP contribution < -0.4 is 14.3 Å². The van der Waals surface area contributed by atoms with E-state index in [1.807, 2.05) is 0 Å². The van der Waals surface area contributed by atoms with Crippen molar-refractivity contribution in [2.45, 2.75) is 31.2 Å². The third kappa shape index (κ3) is 5.43. The molecule has 0 radical (unpaired) electrons. The lowest BCUT2D eigenvalue weighted by atomic mass is 10.3. The minimum absolute atomic E-state index is 0.0838. The number of fused-ring (bicyclic) bond motifs is 2. The Bertz CT molecular complexity index is 1410. The number of rotatable bonds is 8. The molecule has 2 heterocycles. The quantitative estimate of drug-likeness (QED) is 0.415. The second-order valence-electron chi connectivity index (χ2n) is 7.29. The van der Waals surface area contributed by atoms with E-state index in [1.54, 1.807) is 23.6 Å². The fourth-order valence-electron chi connectivity index (χ4n) is 3.34.